The molecule has 0 radical (unpaired) electrons. The third kappa shape index (κ3) is 3.41. The van der Waals surface area contributed by atoms with E-state index in [1.165, 1.54) is 5.56 Å². The van der Waals surface area contributed by atoms with Crippen molar-refractivity contribution in [2.75, 3.05) is 12.4 Å². The highest BCUT2D eigenvalue weighted by Gasteiger charge is 2.09. The fourth-order valence-corrected chi connectivity index (χ4v) is 3.72. The number of rotatable bonds is 4. The maximum absolute atomic E-state index is 6.03. The van der Waals surface area contributed by atoms with Crippen LogP contribution in [-0.4, -0.2) is 7.11 Å². The van der Waals surface area contributed by atoms with Gasteiger partial charge in [-0.2, -0.15) is 0 Å². The van der Waals surface area contributed by atoms with Gasteiger partial charge in [0.05, 0.1) is 21.1 Å². The highest BCUT2D eigenvalue weighted by Crippen LogP contribution is 2.36. The van der Waals surface area contributed by atoms with Gasteiger partial charge in [0, 0.05) is 11.6 Å². The minimum Gasteiger partial charge on any atom is -0.493 e. The van der Waals surface area contributed by atoms with Gasteiger partial charge in [-0.25, -0.2) is 0 Å². The van der Waals surface area contributed by atoms with Crippen LogP contribution in [0, 0.1) is 0 Å². The van der Waals surface area contributed by atoms with Crippen LogP contribution in [0.15, 0.2) is 31.8 Å². The lowest BCUT2D eigenvalue weighted by molar-refractivity contribution is 0.414. The zero-order valence-corrected chi connectivity index (χ0v) is 14.2. The van der Waals surface area contributed by atoms with Crippen LogP contribution in [0.25, 0.3) is 0 Å². The SMILES string of the molecule is COc1c(Br)cc(Cl)cc1NCc1csc(Br)c1. The Kier molecular flexibility index (Phi) is 4.95. The van der Waals surface area contributed by atoms with Crippen LogP contribution in [0.3, 0.4) is 0 Å². The lowest BCUT2D eigenvalue weighted by atomic mass is 10.2. The summed E-state index contributed by atoms with van der Waals surface area (Å²) in [7, 11) is 1.64. The molecule has 2 nitrogen and oxygen atoms in total. The Morgan fingerprint density at radius 2 is 2.11 bits per heavy atom. The number of methoxy groups -OCH3 is 1. The Balaban J connectivity index is 2.18. The predicted octanol–water partition coefficient (Wildman–Crippen LogP) is 5.55. The van der Waals surface area contributed by atoms with Gasteiger partial charge in [0.1, 0.15) is 0 Å². The second kappa shape index (κ2) is 6.28. The Morgan fingerprint density at radius 1 is 1.33 bits per heavy atom. The second-order valence-electron chi connectivity index (χ2n) is 3.58. The molecule has 1 aromatic heterocycles. The molecule has 0 saturated heterocycles. The molecule has 0 fully saturated rings. The van der Waals surface area contributed by atoms with E-state index in [0.717, 1.165) is 26.2 Å². The van der Waals surface area contributed by atoms with Crippen LogP contribution in [0.5, 0.6) is 5.75 Å². The summed E-state index contributed by atoms with van der Waals surface area (Å²) in [6, 6.07) is 5.75. The molecule has 0 aliphatic heterocycles. The van der Waals surface area contributed by atoms with Crippen molar-refractivity contribution in [1.82, 2.24) is 0 Å². The molecule has 0 aliphatic rings. The average Bonchev–Trinajstić information content (AvgIpc) is 2.72. The monoisotopic (exact) mass is 409 g/mol. The van der Waals surface area contributed by atoms with Crippen molar-refractivity contribution in [3.05, 3.63) is 42.4 Å². The topological polar surface area (TPSA) is 21.3 Å². The van der Waals surface area contributed by atoms with Crippen molar-refractivity contribution >= 4 is 60.5 Å². The Hall–Kier alpha value is -0.230. The molecule has 1 heterocycles. The van der Waals surface area contributed by atoms with E-state index in [0.29, 0.717) is 5.02 Å². The molecular weight excluding hydrogens is 401 g/mol. The van der Waals surface area contributed by atoms with Gasteiger partial charge < -0.3 is 10.1 Å². The van der Waals surface area contributed by atoms with Gasteiger partial charge in [0.15, 0.2) is 5.75 Å². The van der Waals surface area contributed by atoms with Crippen LogP contribution in [0.4, 0.5) is 5.69 Å². The van der Waals surface area contributed by atoms with Gasteiger partial charge in [0.25, 0.3) is 0 Å². The number of hydrogen-bond donors (Lipinski definition) is 1. The number of hydrogen-bond acceptors (Lipinski definition) is 3. The fraction of sp³-hybridized carbons (Fsp3) is 0.167. The second-order valence-corrected chi connectivity index (χ2v) is 7.16. The number of ether oxygens (including phenoxy) is 1. The molecule has 18 heavy (non-hydrogen) atoms. The molecule has 1 aromatic carbocycles. The van der Waals surface area contributed by atoms with E-state index in [4.69, 9.17) is 16.3 Å². The largest absolute Gasteiger partial charge is 0.493 e. The minimum atomic E-state index is 0.664. The molecular formula is C12H10Br2ClNOS. The Morgan fingerprint density at radius 3 is 2.72 bits per heavy atom. The van der Waals surface area contributed by atoms with E-state index in [1.54, 1.807) is 18.4 Å². The van der Waals surface area contributed by atoms with Crippen molar-refractivity contribution in [2.45, 2.75) is 6.54 Å². The quantitative estimate of drug-likeness (QED) is 0.712. The standard InChI is InChI=1S/C12H10Br2ClNOS/c1-17-12-9(13)3-8(15)4-10(12)16-5-7-2-11(14)18-6-7/h2-4,6,16H,5H2,1H3. The zero-order chi connectivity index (χ0) is 13.1. The van der Waals surface area contributed by atoms with Gasteiger partial charge in [-0.3, -0.25) is 0 Å². The summed E-state index contributed by atoms with van der Waals surface area (Å²) in [5.74, 6) is 0.758. The first-order chi connectivity index (χ1) is 8.60. The molecule has 0 amide bonds. The first kappa shape index (κ1) is 14.2. The van der Waals surface area contributed by atoms with Crippen molar-refractivity contribution < 1.29 is 4.74 Å². The molecule has 96 valence electrons. The lowest BCUT2D eigenvalue weighted by Gasteiger charge is -2.12. The maximum atomic E-state index is 6.03. The third-order valence-corrected chi connectivity index (χ3v) is 4.68. The van der Waals surface area contributed by atoms with Crippen LogP contribution in [0.1, 0.15) is 5.56 Å². The van der Waals surface area contributed by atoms with Gasteiger partial charge in [-0.1, -0.05) is 11.6 Å². The maximum Gasteiger partial charge on any atom is 0.156 e. The number of halogens is 3. The number of anilines is 1. The molecule has 0 atom stereocenters. The van der Waals surface area contributed by atoms with Gasteiger partial charge in [-0.05, 0) is 61.0 Å². The first-order valence-corrected chi connectivity index (χ1v) is 7.94. The summed E-state index contributed by atoms with van der Waals surface area (Å²) in [4.78, 5) is 0. The zero-order valence-electron chi connectivity index (χ0n) is 9.47. The Labute approximate surface area is 132 Å². The molecule has 0 saturated carbocycles. The minimum absolute atomic E-state index is 0.664. The van der Waals surface area contributed by atoms with Crippen molar-refractivity contribution in [3.63, 3.8) is 0 Å². The van der Waals surface area contributed by atoms with E-state index in [-0.39, 0.29) is 0 Å². The normalized spacial score (nSPS) is 10.4. The molecule has 6 heteroatoms. The summed E-state index contributed by atoms with van der Waals surface area (Å²) < 4.78 is 7.31. The van der Waals surface area contributed by atoms with E-state index in [9.17, 15) is 0 Å². The summed E-state index contributed by atoms with van der Waals surface area (Å²) in [5, 5.41) is 6.09. The van der Waals surface area contributed by atoms with Crippen molar-refractivity contribution in [3.8, 4) is 5.75 Å². The van der Waals surface area contributed by atoms with Crippen LogP contribution < -0.4 is 10.1 Å². The fourth-order valence-electron chi connectivity index (χ4n) is 1.53. The van der Waals surface area contributed by atoms with Crippen LogP contribution >= 0.6 is 54.8 Å². The molecule has 1 N–H and O–H groups in total. The summed E-state index contributed by atoms with van der Waals surface area (Å²) in [5.41, 5.74) is 2.09. The van der Waals surface area contributed by atoms with Crippen molar-refractivity contribution in [2.24, 2.45) is 0 Å². The molecule has 2 aromatic rings. The van der Waals surface area contributed by atoms with E-state index >= 15 is 0 Å². The first-order valence-electron chi connectivity index (χ1n) is 5.10. The van der Waals surface area contributed by atoms with Gasteiger partial charge >= 0.3 is 0 Å². The van der Waals surface area contributed by atoms with E-state index in [2.05, 4.69) is 48.6 Å². The molecule has 2 rings (SSSR count). The van der Waals surface area contributed by atoms with E-state index < -0.39 is 0 Å². The molecule has 0 bridgehead atoms. The predicted molar refractivity (Wildman–Crippen MR) is 85.0 cm³/mol. The smallest absolute Gasteiger partial charge is 0.156 e. The van der Waals surface area contributed by atoms with Gasteiger partial charge in [0.2, 0.25) is 0 Å². The molecule has 0 spiro atoms. The number of nitrogens with one attached hydrogen (secondary N) is 1. The van der Waals surface area contributed by atoms with Crippen LogP contribution in [-0.2, 0) is 6.54 Å². The van der Waals surface area contributed by atoms with E-state index in [1.807, 2.05) is 12.1 Å². The molecule has 0 unspecified atom stereocenters. The summed E-state index contributed by atoms with van der Waals surface area (Å²) in [6.07, 6.45) is 0. The number of thiophene rings is 1. The summed E-state index contributed by atoms with van der Waals surface area (Å²) in [6.45, 7) is 0.727. The van der Waals surface area contributed by atoms with Crippen LogP contribution in [0.2, 0.25) is 5.02 Å². The summed E-state index contributed by atoms with van der Waals surface area (Å²) >= 11 is 14.6. The lowest BCUT2D eigenvalue weighted by Crippen LogP contribution is -2.01. The highest BCUT2D eigenvalue weighted by atomic mass is 79.9. The number of benzene rings is 1. The van der Waals surface area contributed by atoms with Crippen molar-refractivity contribution in [1.29, 1.82) is 0 Å². The Bertz CT molecular complexity index is 559. The van der Waals surface area contributed by atoms with Gasteiger partial charge in [-0.15, -0.1) is 11.3 Å². The average molecular weight is 412 g/mol. The molecule has 0 aliphatic carbocycles. The third-order valence-electron chi connectivity index (χ3n) is 2.32. The highest BCUT2D eigenvalue weighted by molar-refractivity contribution is 9.11.